The zero-order chi connectivity index (χ0) is 25.9. The second kappa shape index (κ2) is 9.83. The highest BCUT2D eigenvalue weighted by molar-refractivity contribution is 5.91. The average molecular weight is 491 g/mol. The summed E-state index contributed by atoms with van der Waals surface area (Å²) in [5.74, 6) is -1.15. The molecule has 4 aromatic rings. The van der Waals surface area contributed by atoms with Gasteiger partial charge in [0.2, 0.25) is 17.8 Å². The molecule has 184 valence electrons. The minimum Gasteiger partial charge on any atom is -0.496 e. The summed E-state index contributed by atoms with van der Waals surface area (Å²) in [6.07, 6.45) is -5.08. The molecule has 35 heavy (non-hydrogen) atoms. The maximum atomic E-state index is 10.6. The van der Waals surface area contributed by atoms with Gasteiger partial charge in [-0.05, 0) is 37.6 Å². The molecule has 4 rings (SSSR count). The summed E-state index contributed by atoms with van der Waals surface area (Å²) >= 11 is 0. The van der Waals surface area contributed by atoms with E-state index >= 15 is 0 Å². The Bertz CT molecular complexity index is 1410. The number of hydrogen-bond donors (Lipinski definition) is 3. The highest BCUT2D eigenvalue weighted by atomic mass is 19.4. The van der Waals surface area contributed by atoms with E-state index < -0.39 is 12.1 Å². The number of alkyl halides is 3. The van der Waals surface area contributed by atoms with Crippen LogP contribution in [0.25, 0.3) is 21.8 Å². The van der Waals surface area contributed by atoms with Crippen molar-refractivity contribution in [3.8, 4) is 17.4 Å². The van der Waals surface area contributed by atoms with E-state index in [-0.39, 0.29) is 11.8 Å². The molecular weight excluding hydrogens is 471 g/mol. The van der Waals surface area contributed by atoms with Gasteiger partial charge in [0, 0.05) is 0 Å². The molecule has 3 N–H and O–H groups in total. The van der Waals surface area contributed by atoms with Gasteiger partial charge in [-0.1, -0.05) is 12.1 Å². The molecule has 0 aliphatic rings. The quantitative estimate of drug-likeness (QED) is 0.379. The molecule has 2 heterocycles. The summed E-state index contributed by atoms with van der Waals surface area (Å²) in [6, 6.07) is 9.11. The summed E-state index contributed by atoms with van der Waals surface area (Å²) in [5, 5.41) is 21.8. The molecule has 13 heteroatoms. The summed E-state index contributed by atoms with van der Waals surface area (Å²) in [7, 11) is 3.17. The number of aromatic nitrogens is 4. The van der Waals surface area contributed by atoms with E-state index in [9.17, 15) is 18.3 Å². The van der Waals surface area contributed by atoms with E-state index in [1.54, 1.807) is 32.4 Å². The number of carboxylic acids is 1. The van der Waals surface area contributed by atoms with E-state index in [0.717, 1.165) is 22.2 Å². The molecule has 0 aliphatic heterocycles. The Labute approximate surface area is 196 Å². The molecule has 0 fully saturated rings. The van der Waals surface area contributed by atoms with Crippen LogP contribution in [0, 0.1) is 13.8 Å². The van der Waals surface area contributed by atoms with Gasteiger partial charge in [0.25, 0.3) is 0 Å². The van der Waals surface area contributed by atoms with Crippen LogP contribution in [-0.4, -0.2) is 56.5 Å². The number of nitrogens with zero attached hydrogens (tertiary/aromatic N) is 4. The monoisotopic (exact) mass is 491 g/mol. The van der Waals surface area contributed by atoms with Crippen molar-refractivity contribution in [2.75, 3.05) is 19.5 Å². The zero-order valence-corrected chi connectivity index (χ0v) is 18.9. The van der Waals surface area contributed by atoms with Gasteiger partial charge in [0.1, 0.15) is 17.0 Å². The number of nitrogens with one attached hydrogen (secondary N) is 1. The number of para-hydroxylation sites is 1. The van der Waals surface area contributed by atoms with Gasteiger partial charge in [-0.25, -0.2) is 19.7 Å². The normalized spacial score (nSPS) is 11.1. The van der Waals surface area contributed by atoms with Crippen LogP contribution >= 0.6 is 0 Å². The van der Waals surface area contributed by atoms with Crippen LogP contribution in [0.4, 0.5) is 25.1 Å². The number of halogens is 3. The molecule has 0 bridgehead atoms. The zero-order valence-electron chi connectivity index (χ0n) is 18.9. The molecule has 0 amide bonds. The SMILES string of the molecule is COc1cccc2c(O)nc(Nc3nc(C)c4c(OC)ccc(C)c4n3)nc12.O=C(O)C(F)(F)F. The van der Waals surface area contributed by atoms with E-state index in [1.165, 1.54) is 0 Å². The van der Waals surface area contributed by atoms with Crippen molar-refractivity contribution in [1.29, 1.82) is 0 Å². The third-order valence-electron chi connectivity index (χ3n) is 4.77. The smallest absolute Gasteiger partial charge is 0.490 e. The number of aromatic hydroxyl groups is 1. The number of anilines is 2. The first-order chi connectivity index (χ1) is 16.5. The van der Waals surface area contributed by atoms with Crippen molar-refractivity contribution in [2.45, 2.75) is 20.0 Å². The van der Waals surface area contributed by atoms with Gasteiger partial charge in [-0.3, -0.25) is 5.32 Å². The van der Waals surface area contributed by atoms with Crippen molar-refractivity contribution in [2.24, 2.45) is 0 Å². The second-order valence-corrected chi connectivity index (χ2v) is 7.10. The van der Waals surface area contributed by atoms with Crippen LogP contribution in [-0.2, 0) is 4.79 Å². The molecule has 0 aliphatic carbocycles. The third-order valence-corrected chi connectivity index (χ3v) is 4.77. The van der Waals surface area contributed by atoms with Gasteiger partial charge in [-0.15, -0.1) is 0 Å². The minimum atomic E-state index is -5.08. The Morgan fingerprint density at radius 1 is 0.914 bits per heavy atom. The number of carbonyl (C=O) groups is 1. The molecule has 0 saturated carbocycles. The Kier molecular flexibility index (Phi) is 7.08. The van der Waals surface area contributed by atoms with Crippen LogP contribution in [0.5, 0.6) is 17.4 Å². The van der Waals surface area contributed by atoms with E-state index in [1.807, 2.05) is 26.0 Å². The highest BCUT2D eigenvalue weighted by Gasteiger charge is 2.38. The fourth-order valence-corrected chi connectivity index (χ4v) is 3.17. The van der Waals surface area contributed by atoms with Crippen LogP contribution in [0.3, 0.4) is 0 Å². The largest absolute Gasteiger partial charge is 0.496 e. The Morgan fingerprint density at radius 3 is 2.11 bits per heavy atom. The van der Waals surface area contributed by atoms with Crippen molar-refractivity contribution < 1.29 is 37.7 Å². The Hall–Kier alpha value is -4.42. The molecule has 0 spiro atoms. The van der Waals surface area contributed by atoms with E-state index in [4.69, 9.17) is 19.4 Å². The summed E-state index contributed by atoms with van der Waals surface area (Å²) in [4.78, 5) is 26.6. The first-order valence-electron chi connectivity index (χ1n) is 9.89. The lowest BCUT2D eigenvalue weighted by molar-refractivity contribution is -0.192. The summed E-state index contributed by atoms with van der Waals surface area (Å²) < 4.78 is 42.5. The number of benzene rings is 2. The fourth-order valence-electron chi connectivity index (χ4n) is 3.17. The lowest BCUT2D eigenvalue weighted by Gasteiger charge is -2.12. The number of fused-ring (bicyclic) bond motifs is 2. The summed E-state index contributed by atoms with van der Waals surface area (Å²) in [5.41, 5.74) is 3.02. The van der Waals surface area contributed by atoms with Crippen molar-refractivity contribution in [3.05, 3.63) is 41.6 Å². The molecule has 0 saturated heterocycles. The molecule has 0 unspecified atom stereocenters. The standard InChI is InChI=1S/C20H19N5O3.C2HF3O2/c1-10-8-9-13(27-3)15-11(2)21-19(22-16(10)15)25-20-23-17-12(18(26)24-20)6-5-7-14(17)28-4;3-2(4,5)1(6)7/h5-9H,1-4H3,(H2,21,22,23,24,25,26);(H,6,7). The van der Waals surface area contributed by atoms with Crippen molar-refractivity contribution >= 4 is 39.7 Å². The number of rotatable bonds is 4. The van der Waals surface area contributed by atoms with Crippen LogP contribution < -0.4 is 14.8 Å². The molecule has 2 aromatic carbocycles. The molecule has 0 radical (unpaired) electrons. The molecular formula is C22H20F3N5O5. The first kappa shape index (κ1) is 25.2. The number of methoxy groups -OCH3 is 2. The van der Waals surface area contributed by atoms with E-state index in [2.05, 4.69) is 25.3 Å². The Morgan fingerprint density at radius 2 is 1.51 bits per heavy atom. The fraction of sp³-hybridized carbons (Fsp3) is 0.227. The number of aryl methyl sites for hydroxylation is 2. The number of carboxylic acid groups (broad SMARTS) is 1. The van der Waals surface area contributed by atoms with Crippen molar-refractivity contribution in [1.82, 2.24) is 19.9 Å². The predicted octanol–water partition coefficient (Wildman–Crippen LogP) is 4.29. The van der Waals surface area contributed by atoms with Gasteiger partial charge < -0.3 is 19.7 Å². The lowest BCUT2D eigenvalue weighted by atomic mass is 10.1. The maximum absolute atomic E-state index is 10.6. The number of ether oxygens (including phenoxy) is 2. The van der Waals surface area contributed by atoms with Gasteiger partial charge in [-0.2, -0.15) is 18.2 Å². The lowest BCUT2D eigenvalue weighted by Crippen LogP contribution is -2.21. The third kappa shape index (κ3) is 5.39. The van der Waals surface area contributed by atoms with Gasteiger partial charge in [0.15, 0.2) is 0 Å². The van der Waals surface area contributed by atoms with Crippen LogP contribution in [0.15, 0.2) is 30.3 Å². The van der Waals surface area contributed by atoms with Crippen LogP contribution in [0.1, 0.15) is 11.3 Å². The maximum Gasteiger partial charge on any atom is 0.490 e. The Balaban J connectivity index is 0.000000429. The molecule has 0 atom stereocenters. The average Bonchev–Trinajstić information content (AvgIpc) is 2.79. The van der Waals surface area contributed by atoms with Gasteiger partial charge >= 0.3 is 12.1 Å². The second-order valence-electron chi connectivity index (χ2n) is 7.10. The number of hydrogen-bond acceptors (Lipinski definition) is 9. The van der Waals surface area contributed by atoms with Crippen molar-refractivity contribution in [3.63, 3.8) is 0 Å². The minimum absolute atomic E-state index is 0.151. The number of aliphatic carboxylic acids is 1. The predicted molar refractivity (Wildman–Crippen MR) is 120 cm³/mol. The molecule has 10 nitrogen and oxygen atoms in total. The molecule has 2 aromatic heterocycles. The summed E-state index contributed by atoms with van der Waals surface area (Å²) in [6.45, 7) is 3.86. The highest BCUT2D eigenvalue weighted by Crippen LogP contribution is 2.32. The van der Waals surface area contributed by atoms with Crippen LogP contribution in [0.2, 0.25) is 0 Å². The van der Waals surface area contributed by atoms with E-state index in [0.29, 0.717) is 28.4 Å². The van der Waals surface area contributed by atoms with Gasteiger partial charge in [0.05, 0.1) is 36.2 Å². The topological polar surface area (TPSA) is 140 Å². The first-order valence-corrected chi connectivity index (χ1v) is 9.89.